The zero-order valence-electron chi connectivity index (χ0n) is 11.5. The van der Waals surface area contributed by atoms with Gasteiger partial charge in [-0.05, 0) is 30.7 Å². The first-order valence-electron chi connectivity index (χ1n) is 6.09. The van der Waals surface area contributed by atoms with Crippen LogP contribution in [-0.2, 0) is 11.3 Å². The van der Waals surface area contributed by atoms with Gasteiger partial charge >= 0.3 is 0 Å². The summed E-state index contributed by atoms with van der Waals surface area (Å²) in [5, 5.41) is 6.02. The Bertz CT molecular complexity index is 363. The molecule has 1 unspecified atom stereocenters. The molecule has 0 fully saturated rings. The Morgan fingerprint density at radius 2 is 1.72 bits per heavy atom. The van der Waals surface area contributed by atoms with Crippen LogP contribution in [0.25, 0.3) is 0 Å². The van der Waals surface area contributed by atoms with Crippen molar-refractivity contribution >= 4 is 24.0 Å². The number of rotatable bonds is 5. The lowest BCUT2D eigenvalue weighted by Gasteiger charge is -2.15. The lowest BCUT2D eigenvalue weighted by molar-refractivity contribution is -0.120. The molecule has 1 amide bonds. The minimum atomic E-state index is 0. The summed E-state index contributed by atoms with van der Waals surface area (Å²) in [5.74, 6) is 0.479. The molecule has 0 radical (unpaired) electrons. The molecule has 102 valence electrons. The number of hydrogen-bond donors (Lipinski definition) is 2. The highest BCUT2D eigenvalue weighted by Crippen LogP contribution is 2.14. The van der Waals surface area contributed by atoms with E-state index < -0.39 is 0 Å². The van der Waals surface area contributed by atoms with E-state index in [0.29, 0.717) is 5.92 Å². The first-order valence-corrected chi connectivity index (χ1v) is 6.09. The molecule has 0 spiro atoms. The Kier molecular flexibility index (Phi) is 7.64. The lowest BCUT2D eigenvalue weighted by atomic mass is 9.97. The van der Waals surface area contributed by atoms with E-state index in [2.05, 4.69) is 24.5 Å². The van der Waals surface area contributed by atoms with Crippen LogP contribution in [0.3, 0.4) is 0 Å². The van der Waals surface area contributed by atoms with Gasteiger partial charge in [-0.2, -0.15) is 0 Å². The van der Waals surface area contributed by atoms with Crippen LogP contribution in [0, 0.1) is 11.8 Å². The first-order chi connectivity index (χ1) is 8.04. The van der Waals surface area contributed by atoms with E-state index in [9.17, 15) is 4.79 Å². The van der Waals surface area contributed by atoms with Gasteiger partial charge in [0.15, 0.2) is 0 Å². The molecule has 0 aliphatic carbocycles. The van der Waals surface area contributed by atoms with Gasteiger partial charge in [-0.3, -0.25) is 4.79 Å². The largest absolute Gasteiger partial charge is 0.326 e. The summed E-state index contributed by atoms with van der Waals surface area (Å²) in [6, 6.07) is 7.92. The number of carbonyl (C=O) groups excluding carboxylic acids is 1. The van der Waals surface area contributed by atoms with Crippen LogP contribution < -0.4 is 10.6 Å². The number of halogens is 1. The average molecular weight is 271 g/mol. The van der Waals surface area contributed by atoms with Crippen LogP contribution in [0.5, 0.6) is 0 Å². The highest BCUT2D eigenvalue weighted by molar-refractivity contribution is 5.92. The van der Waals surface area contributed by atoms with Crippen LogP contribution in [0.1, 0.15) is 26.3 Å². The molecule has 0 saturated carbocycles. The highest BCUT2D eigenvalue weighted by Gasteiger charge is 2.16. The van der Waals surface area contributed by atoms with Crippen molar-refractivity contribution in [3.8, 4) is 0 Å². The third-order valence-electron chi connectivity index (χ3n) is 3.02. The zero-order valence-corrected chi connectivity index (χ0v) is 12.3. The van der Waals surface area contributed by atoms with Crippen LogP contribution in [-0.4, -0.2) is 13.0 Å². The normalized spacial score (nSPS) is 11.8. The second-order valence-electron chi connectivity index (χ2n) is 4.75. The first kappa shape index (κ1) is 16.9. The molecule has 0 bridgehead atoms. The predicted octanol–water partition coefficient (Wildman–Crippen LogP) is 3.06. The number of anilines is 1. The summed E-state index contributed by atoms with van der Waals surface area (Å²) in [4.78, 5) is 11.8. The summed E-state index contributed by atoms with van der Waals surface area (Å²) in [6.07, 6.45) is 0. The second-order valence-corrected chi connectivity index (χ2v) is 4.75. The molecule has 3 nitrogen and oxygen atoms in total. The van der Waals surface area contributed by atoms with E-state index in [1.54, 1.807) is 0 Å². The maximum atomic E-state index is 11.8. The summed E-state index contributed by atoms with van der Waals surface area (Å²) in [6.45, 7) is 6.91. The van der Waals surface area contributed by atoms with Crippen molar-refractivity contribution in [1.82, 2.24) is 5.32 Å². The molecular formula is C14H23ClN2O. The van der Waals surface area contributed by atoms with Gasteiger partial charge in [-0.15, -0.1) is 12.4 Å². The van der Waals surface area contributed by atoms with E-state index in [4.69, 9.17) is 0 Å². The van der Waals surface area contributed by atoms with Gasteiger partial charge < -0.3 is 10.6 Å². The number of hydrogen-bond acceptors (Lipinski definition) is 2. The third-order valence-corrected chi connectivity index (χ3v) is 3.02. The third kappa shape index (κ3) is 5.07. The molecule has 1 aromatic carbocycles. The van der Waals surface area contributed by atoms with E-state index >= 15 is 0 Å². The second kappa shape index (κ2) is 8.11. The highest BCUT2D eigenvalue weighted by atomic mass is 35.5. The van der Waals surface area contributed by atoms with E-state index in [0.717, 1.165) is 12.2 Å². The molecule has 1 aromatic rings. The summed E-state index contributed by atoms with van der Waals surface area (Å²) in [5.41, 5.74) is 2.07. The van der Waals surface area contributed by atoms with Gasteiger partial charge in [0.05, 0.1) is 0 Å². The van der Waals surface area contributed by atoms with Gasteiger partial charge in [-0.25, -0.2) is 0 Å². The fourth-order valence-electron chi connectivity index (χ4n) is 1.47. The SMILES string of the molecule is CNCc1ccc(NC(=O)C(C)C(C)C)cc1.Cl. The number of nitrogens with one attached hydrogen (secondary N) is 2. The summed E-state index contributed by atoms with van der Waals surface area (Å²) < 4.78 is 0. The standard InChI is InChI=1S/C14H22N2O.ClH/c1-10(2)11(3)14(17)16-13-7-5-12(6-8-13)9-15-4;/h5-8,10-11,15H,9H2,1-4H3,(H,16,17);1H. The van der Waals surface area contributed by atoms with Crippen LogP contribution in [0.15, 0.2) is 24.3 Å². The molecular weight excluding hydrogens is 248 g/mol. The van der Waals surface area contributed by atoms with Crippen molar-refractivity contribution < 1.29 is 4.79 Å². The average Bonchev–Trinajstić information content (AvgIpc) is 2.30. The molecule has 2 N–H and O–H groups in total. The van der Waals surface area contributed by atoms with Crippen LogP contribution in [0.2, 0.25) is 0 Å². The Balaban J connectivity index is 0.00000289. The van der Waals surface area contributed by atoms with Gasteiger partial charge in [-0.1, -0.05) is 32.9 Å². The Labute approximate surface area is 116 Å². The maximum absolute atomic E-state index is 11.8. The number of benzene rings is 1. The Hall–Kier alpha value is -1.06. The fourth-order valence-corrected chi connectivity index (χ4v) is 1.47. The fraction of sp³-hybridized carbons (Fsp3) is 0.500. The molecule has 1 rings (SSSR count). The molecule has 1 atom stereocenters. The molecule has 0 heterocycles. The summed E-state index contributed by atoms with van der Waals surface area (Å²) >= 11 is 0. The summed E-state index contributed by atoms with van der Waals surface area (Å²) in [7, 11) is 1.92. The Morgan fingerprint density at radius 1 is 1.17 bits per heavy atom. The Morgan fingerprint density at radius 3 is 2.17 bits per heavy atom. The predicted molar refractivity (Wildman–Crippen MR) is 79.1 cm³/mol. The van der Waals surface area contributed by atoms with Gasteiger partial charge in [0.2, 0.25) is 5.91 Å². The van der Waals surface area contributed by atoms with Crippen LogP contribution in [0.4, 0.5) is 5.69 Å². The number of amides is 1. The molecule has 4 heteroatoms. The van der Waals surface area contributed by atoms with Crippen molar-refractivity contribution in [3.05, 3.63) is 29.8 Å². The maximum Gasteiger partial charge on any atom is 0.227 e. The topological polar surface area (TPSA) is 41.1 Å². The monoisotopic (exact) mass is 270 g/mol. The van der Waals surface area contributed by atoms with Gasteiger partial charge in [0.1, 0.15) is 0 Å². The van der Waals surface area contributed by atoms with Crippen molar-refractivity contribution in [2.24, 2.45) is 11.8 Å². The van der Waals surface area contributed by atoms with Gasteiger partial charge in [0.25, 0.3) is 0 Å². The molecule has 0 aliphatic heterocycles. The van der Waals surface area contributed by atoms with Gasteiger partial charge in [0, 0.05) is 18.2 Å². The number of carbonyl (C=O) groups is 1. The quantitative estimate of drug-likeness (QED) is 0.863. The van der Waals surface area contributed by atoms with Crippen LogP contribution >= 0.6 is 12.4 Å². The molecule has 0 aromatic heterocycles. The van der Waals surface area contributed by atoms with E-state index in [1.807, 2.05) is 38.2 Å². The smallest absolute Gasteiger partial charge is 0.227 e. The minimum absolute atomic E-state index is 0. The van der Waals surface area contributed by atoms with E-state index in [1.165, 1.54) is 5.56 Å². The molecule has 0 aliphatic rings. The zero-order chi connectivity index (χ0) is 12.8. The van der Waals surface area contributed by atoms with E-state index in [-0.39, 0.29) is 24.2 Å². The molecule has 0 saturated heterocycles. The van der Waals surface area contributed by atoms with Crippen molar-refractivity contribution in [1.29, 1.82) is 0 Å². The van der Waals surface area contributed by atoms with Crippen molar-refractivity contribution in [2.75, 3.05) is 12.4 Å². The lowest BCUT2D eigenvalue weighted by Crippen LogP contribution is -2.24. The minimum Gasteiger partial charge on any atom is -0.326 e. The van der Waals surface area contributed by atoms with Crippen molar-refractivity contribution in [3.63, 3.8) is 0 Å². The molecule has 18 heavy (non-hydrogen) atoms. The van der Waals surface area contributed by atoms with Crippen molar-refractivity contribution in [2.45, 2.75) is 27.3 Å².